The molecule has 9 aromatic rings. The highest BCUT2D eigenvalue weighted by Crippen LogP contribution is 2.71. The van der Waals surface area contributed by atoms with Gasteiger partial charge < -0.3 is 0 Å². The fourth-order valence-electron chi connectivity index (χ4n) is 11.5. The van der Waals surface area contributed by atoms with Gasteiger partial charge in [0.15, 0.2) is 17.5 Å². The topological polar surface area (TPSA) is 38.7 Å². The molecule has 2 atom stereocenters. The van der Waals surface area contributed by atoms with Gasteiger partial charge in [-0.2, -0.15) is 0 Å². The van der Waals surface area contributed by atoms with Crippen molar-refractivity contribution in [3.05, 3.63) is 221 Å². The highest BCUT2D eigenvalue weighted by atomic mass is 15.0. The average molecular weight is 756 g/mol. The normalized spacial score (nSPS) is 19.1. The standard InChI is InChI=1S/C56H41N3/c1-54(2)44-25-11-13-27-46(44)56(47-28-14-12-26-45(47)54)49-30-17-24-42(50(49)48-29-15-16-33-55(48,56)3)53-58-51(35-18-5-4-6-19-35)57-52(59-53)36-31-32-41-39-22-8-7-20-37(39)38-21-9-10-23-40(38)43(41)34-36/h4-34,48H,1-3H3. The van der Waals surface area contributed by atoms with Gasteiger partial charge in [-0.25, -0.2) is 15.0 Å². The van der Waals surface area contributed by atoms with Crippen LogP contribution in [0.15, 0.2) is 188 Å². The molecule has 59 heavy (non-hydrogen) atoms. The highest BCUT2D eigenvalue weighted by molar-refractivity contribution is 6.25. The summed E-state index contributed by atoms with van der Waals surface area (Å²) in [5.41, 5.74) is 10.2. The monoisotopic (exact) mass is 755 g/mol. The van der Waals surface area contributed by atoms with Crippen molar-refractivity contribution in [2.75, 3.05) is 0 Å². The molecule has 0 fully saturated rings. The van der Waals surface area contributed by atoms with Crippen LogP contribution in [0.2, 0.25) is 0 Å². The van der Waals surface area contributed by atoms with E-state index in [4.69, 9.17) is 15.0 Å². The number of allylic oxidation sites excluding steroid dienone is 4. The number of nitrogens with zero attached hydrogens (tertiary/aromatic N) is 3. The molecule has 0 amide bonds. The van der Waals surface area contributed by atoms with Crippen LogP contribution in [0.4, 0.5) is 0 Å². The first-order chi connectivity index (χ1) is 28.9. The fourth-order valence-corrected chi connectivity index (χ4v) is 11.5. The van der Waals surface area contributed by atoms with E-state index >= 15 is 0 Å². The second-order valence-electron chi connectivity index (χ2n) is 17.3. The van der Waals surface area contributed by atoms with Crippen LogP contribution in [0.5, 0.6) is 0 Å². The number of fused-ring (bicyclic) bond motifs is 15. The molecule has 0 radical (unpaired) electrons. The molecule has 0 saturated heterocycles. The molecule has 0 bridgehead atoms. The Kier molecular flexibility index (Phi) is 7.09. The van der Waals surface area contributed by atoms with Crippen molar-refractivity contribution in [3.63, 3.8) is 0 Å². The first kappa shape index (κ1) is 34.1. The maximum atomic E-state index is 5.47. The molecule has 12 rings (SSSR count). The van der Waals surface area contributed by atoms with Crippen molar-refractivity contribution < 1.29 is 0 Å². The average Bonchev–Trinajstić information content (AvgIpc) is 3.53. The van der Waals surface area contributed by atoms with Gasteiger partial charge in [-0.3, -0.25) is 0 Å². The number of hydrogen-bond acceptors (Lipinski definition) is 3. The lowest BCUT2D eigenvalue weighted by Crippen LogP contribution is -2.49. The Labute approximate surface area is 344 Å². The van der Waals surface area contributed by atoms with Crippen LogP contribution in [-0.2, 0) is 10.8 Å². The van der Waals surface area contributed by atoms with Crippen LogP contribution in [0, 0.1) is 5.41 Å². The summed E-state index contributed by atoms with van der Waals surface area (Å²) in [7, 11) is 0. The first-order valence-corrected chi connectivity index (χ1v) is 20.7. The van der Waals surface area contributed by atoms with Gasteiger partial charge in [-0.05, 0) is 71.8 Å². The van der Waals surface area contributed by atoms with Gasteiger partial charge >= 0.3 is 0 Å². The van der Waals surface area contributed by atoms with Crippen molar-refractivity contribution in [1.82, 2.24) is 15.0 Å². The van der Waals surface area contributed by atoms with Crippen LogP contribution in [-0.4, -0.2) is 15.0 Å². The molecule has 3 nitrogen and oxygen atoms in total. The zero-order chi connectivity index (χ0) is 39.5. The number of aromatic nitrogens is 3. The number of rotatable bonds is 3. The lowest BCUT2D eigenvalue weighted by atomic mass is 9.48. The summed E-state index contributed by atoms with van der Waals surface area (Å²) < 4.78 is 0. The molecule has 3 heteroatoms. The summed E-state index contributed by atoms with van der Waals surface area (Å²) in [6.07, 6.45) is 9.38. The van der Waals surface area contributed by atoms with Gasteiger partial charge in [0, 0.05) is 33.4 Å². The van der Waals surface area contributed by atoms with Gasteiger partial charge in [-0.1, -0.05) is 203 Å². The summed E-state index contributed by atoms with van der Waals surface area (Å²) in [5.74, 6) is 2.09. The lowest BCUT2D eigenvalue weighted by molar-refractivity contribution is 0.276. The van der Waals surface area contributed by atoms with E-state index in [9.17, 15) is 0 Å². The first-order valence-electron chi connectivity index (χ1n) is 20.7. The van der Waals surface area contributed by atoms with Gasteiger partial charge in [0.1, 0.15) is 0 Å². The van der Waals surface area contributed by atoms with E-state index in [1.807, 2.05) is 6.07 Å². The summed E-state index contributed by atoms with van der Waals surface area (Å²) in [6, 6.07) is 59.7. The van der Waals surface area contributed by atoms with E-state index in [2.05, 4.69) is 203 Å². The molecule has 1 aromatic heterocycles. The smallest absolute Gasteiger partial charge is 0.164 e. The van der Waals surface area contributed by atoms with Crippen LogP contribution < -0.4 is 0 Å². The zero-order valence-electron chi connectivity index (χ0n) is 33.3. The molecule has 3 aliphatic carbocycles. The number of benzene rings is 8. The van der Waals surface area contributed by atoms with Crippen molar-refractivity contribution >= 4 is 32.3 Å². The van der Waals surface area contributed by atoms with Crippen molar-refractivity contribution in [1.29, 1.82) is 0 Å². The maximum Gasteiger partial charge on any atom is 0.164 e. The third-order valence-corrected chi connectivity index (χ3v) is 14.1. The largest absolute Gasteiger partial charge is 0.208 e. The van der Waals surface area contributed by atoms with Crippen molar-refractivity contribution in [3.8, 4) is 34.2 Å². The molecule has 0 aliphatic heterocycles. The third-order valence-electron chi connectivity index (χ3n) is 14.1. The van der Waals surface area contributed by atoms with Crippen LogP contribution in [0.25, 0.3) is 66.5 Å². The minimum absolute atomic E-state index is 0.0710. The molecule has 8 aromatic carbocycles. The van der Waals surface area contributed by atoms with E-state index in [1.165, 1.54) is 65.7 Å². The van der Waals surface area contributed by atoms with Crippen molar-refractivity contribution in [2.24, 2.45) is 5.41 Å². The van der Waals surface area contributed by atoms with Crippen molar-refractivity contribution in [2.45, 2.75) is 37.5 Å². The van der Waals surface area contributed by atoms with E-state index in [1.54, 1.807) is 0 Å². The van der Waals surface area contributed by atoms with Crippen LogP contribution in [0.3, 0.4) is 0 Å². The van der Waals surface area contributed by atoms with E-state index in [0.29, 0.717) is 17.5 Å². The molecule has 2 unspecified atom stereocenters. The predicted molar refractivity (Wildman–Crippen MR) is 243 cm³/mol. The van der Waals surface area contributed by atoms with E-state index in [0.717, 1.165) is 16.7 Å². The quantitative estimate of drug-likeness (QED) is 0.169. The molecule has 0 N–H and O–H groups in total. The molecule has 3 aliphatic rings. The third kappa shape index (κ3) is 4.50. The molecule has 1 spiro atoms. The zero-order valence-corrected chi connectivity index (χ0v) is 33.3. The Balaban J connectivity index is 1.14. The Bertz CT molecular complexity index is 3200. The summed E-state index contributed by atoms with van der Waals surface area (Å²) >= 11 is 0. The molecule has 280 valence electrons. The second-order valence-corrected chi connectivity index (χ2v) is 17.3. The van der Waals surface area contributed by atoms with Gasteiger partial charge in [-0.15, -0.1) is 0 Å². The highest BCUT2D eigenvalue weighted by Gasteiger charge is 2.64. The minimum atomic E-state index is -0.451. The SMILES string of the molecule is CC1(C)c2ccccc2C2(c3ccccc31)c1cccc(-c3nc(-c4ccccc4)nc(-c4ccc5c6ccccc6c6ccccc6c5c4)n3)c1C1C=CC=CC12C. The van der Waals surface area contributed by atoms with Gasteiger partial charge in [0.05, 0.1) is 5.41 Å². The van der Waals surface area contributed by atoms with E-state index < -0.39 is 5.41 Å². The number of hydrogen-bond donors (Lipinski definition) is 0. The maximum absolute atomic E-state index is 5.47. The lowest BCUT2D eigenvalue weighted by Gasteiger charge is -2.53. The van der Waals surface area contributed by atoms with Gasteiger partial charge in [0.2, 0.25) is 0 Å². The molecule has 1 heterocycles. The molecular weight excluding hydrogens is 715 g/mol. The Morgan fingerprint density at radius 3 is 1.56 bits per heavy atom. The van der Waals surface area contributed by atoms with Crippen LogP contribution >= 0.6 is 0 Å². The summed E-state index contributed by atoms with van der Waals surface area (Å²) in [5, 5.41) is 7.39. The predicted octanol–water partition coefficient (Wildman–Crippen LogP) is 13.5. The molecule has 0 saturated carbocycles. The summed E-state index contributed by atoms with van der Waals surface area (Å²) in [6.45, 7) is 7.25. The molecular formula is C56H41N3. The Morgan fingerprint density at radius 2 is 0.915 bits per heavy atom. The van der Waals surface area contributed by atoms with Crippen LogP contribution in [0.1, 0.15) is 60.1 Å². The fraction of sp³-hybridized carbons (Fsp3) is 0.125. The minimum Gasteiger partial charge on any atom is -0.208 e. The van der Waals surface area contributed by atoms with E-state index in [-0.39, 0.29) is 16.7 Å². The Morgan fingerprint density at radius 1 is 0.407 bits per heavy atom. The van der Waals surface area contributed by atoms with Gasteiger partial charge in [0.25, 0.3) is 0 Å². The second kappa shape index (κ2) is 12.3. The Hall–Kier alpha value is -6.97. The summed E-state index contributed by atoms with van der Waals surface area (Å²) in [4.78, 5) is 16.1.